The molecule has 7 heavy (non-hydrogen) atoms. The average molecular weight is 189 g/mol. The summed E-state index contributed by atoms with van der Waals surface area (Å²) in [6.07, 6.45) is -2.25. The molecule has 1 heterocycles. The molecular formula is CH2CuO4Ti. The smallest absolute Gasteiger partial charge is 0.315 e. The maximum Gasteiger partial charge on any atom is 0.461 e. The van der Waals surface area contributed by atoms with E-state index in [0.29, 0.717) is 0 Å². The van der Waals surface area contributed by atoms with Crippen LogP contribution in [0.4, 0.5) is 0 Å². The van der Waals surface area contributed by atoms with Gasteiger partial charge in [-0.2, -0.15) is 0 Å². The van der Waals surface area contributed by atoms with Crippen LogP contribution in [-0.2, 0) is 48.6 Å². The molecule has 0 aromatic rings. The maximum atomic E-state index is 7.74. The zero-order valence-corrected chi connectivity index (χ0v) is 5.52. The van der Waals surface area contributed by atoms with Crippen LogP contribution in [0.3, 0.4) is 0 Å². The van der Waals surface area contributed by atoms with E-state index in [1.54, 1.807) is 0 Å². The first-order valence-electron chi connectivity index (χ1n) is 1.02. The van der Waals surface area contributed by atoms with Gasteiger partial charge in [0.25, 0.3) is 0 Å². The van der Waals surface area contributed by atoms with E-state index in [2.05, 4.69) is 9.78 Å². The quantitative estimate of drug-likeness (QED) is 0.212. The van der Waals surface area contributed by atoms with Gasteiger partial charge in [-0.1, -0.05) is 0 Å². The van der Waals surface area contributed by atoms with Gasteiger partial charge in [-0.3, -0.25) is 0 Å². The minimum Gasteiger partial charge on any atom is -0.315 e. The third kappa shape index (κ3) is 4.94. The standard InChI is InChI=1S/CH2O4.Cu.Ti/c2-1(3)4-5-1;;/h2-3H;;. The SMILES string of the molecule is OC1(O)OO1.[Cu].[Ti]. The van der Waals surface area contributed by atoms with E-state index < -0.39 is 6.16 Å². The fraction of sp³-hybridized carbons (Fsp3) is 1.00. The molecule has 45 valence electrons. The molecule has 0 aliphatic carbocycles. The van der Waals surface area contributed by atoms with Crippen molar-refractivity contribution in [1.29, 1.82) is 0 Å². The second kappa shape index (κ2) is 3.17. The first-order valence-corrected chi connectivity index (χ1v) is 1.02. The second-order valence-corrected chi connectivity index (χ2v) is 0.715. The van der Waals surface area contributed by atoms with Crippen LogP contribution in [0.5, 0.6) is 0 Å². The summed E-state index contributed by atoms with van der Waals surface area (Å²) in [5.41, 5.74) is 0. The summed E-state index contributed by atoms with van der Waals surface area (Å²) in [5.74, 6) is 0. The van der Waals surface area contributed by atoms with Crippen LogP contribution < -0.4 is 0 Å². The Labute approximate surface area is 65.1 Å². The van der Waals surface area contributed by atoms with Crippen molar-refractivity contribution in [1.82, 2.24) is 0 Å². The van der Waals surface area contributed by atoms with Crippen LogP contribution in [0, 0.1) is 0 Å². The van der Waals surface area contributed by atoms with E-state index in [4.69, 9.17) is 10.2 Å². The van der Waals surface area contributed by atoms with E-state index in [1.807, 2.05) is 0 Å². The number of aliphatic hydroxyl groups is 2. The van der Waals surface area contributed by atoms with Crippen LogP contribution >= 0.6 is 0 Å². The van der Waals surface area contributed by atoms with E-state index >= 15 is 0 Å². The predicted octanol–water partition coefficient (Wildman–Crippen LogP) is -1.46. The Hall–Kier alpha value is 1.07. The fourth-order valence-electron chi connectivity index (χ4n) is 0.0373. The molecule has 4 nitrogen and oxygen atoms in total. The van der Waals surface area contributed by atoms with E-state index in [9.17, 15) is 0 Å². The third-order valence-corrected chi connectivity index (χ3v) is 0.232. The van der Waals surface area contributed by atoms with E-state index in [0.717, 1.165) is 0 Å². The van der Waals surface area contributed by atoms with Crippen molar-refractivity contribution >= 4 is 0 Å². The van der Waals surface area contributed by atoms with Crippen LogP contribution in [0.25, 0.3) is 0 Å². The van der Waals surface area contributed by atoms with Crippen molar-refractivity contribution in [3.8, 4) is 0 Å². The molecule has 0 amide bonds. The van der Waals surface area contributed by atoms with Crippen LogP contribution in [-0.4, -0.2) is 16.4 Å². The Kier molecular flexibility index (Phi) is 4.96. The maximum absolute atomic E-state index is 7.74. The third-order valence-electron chi connectivity index (χ3n) is 0.232. The van der Waals surface area contributed by atoms with Gasteiger partial charge in [-0.15, -0.1) is 9.78 Å². The summed E-state index contributed by atoms with van der Waals surface area (Å²) >= 11 is 0. The molecule has 1 saturated heterocycles. The van der Waals surface area contributed by atoms with E-state index in [-0.39, 0.29) is 38.8 Å². The Morgan fingerprint density at radius 3 is 1.29 bits per heavy atom. The molecule has 0 atom stereocenters. The molecule has 6 heteroatoms. The Morgan fingerprint density at radius 2 is 1.29 bits per heavy atom. The summed E-state index contributed by atoms with van der Waals surface area (Å²) in [6.45, 7) is 0. The van der Waals surface area contributed by atoms with Crippen molar-refractivity contribution in [2.45, 2.75) is 6.16 Å². The van der Waals surface area contributed by atoms with Crippen molar-refractivity contribution < 1.29 is 58.8 Å². The van der Waals surface area contributed by atoms with Crippen molar-refractivity contribution in [2.24, 2.45) is 0 Å². The Morgan fingerprint density at radius 1 is 1.14 bits per heavy atom. The molecule has 1 aliphatic heterocycles. The van der Waals surface area contributed by atoms with Crippen molar-refractivity contribution in [3.63, 3.8) is 0 Å². The van der Waals surface area contributed by atoms with Gasteiger partial charge in [0.15, 0.2) is 0 Å². The molecule has 1 rings (SSSR count). The zero-order chi connectivity index (χ0) is 3.91. The number of hydrogen-bond acceptors (Lipinski definition) is 4. The molecule has 0 saturated carbocycles. The molecule has 0 aromatic heterocycles. The molecule has 1 radical (unpaired) electrons. The van der Waals surface area contributed by atoms with Gasteiger partial charge in [0.05, 0.1) is 0 Å². The summed E-state index contributed by atoms with van der Waals surface area (Å²) in [4.78, 5) is 7.01. The molecule has 0 unspecified atom stereocenters. The summed E-state index contributed by atoms with van der Waals surface area (Å²) in [7, 11) is 0. The largest absolute Gasteiger partial charge is 0.461 e. The summed E-state index contributed by atoms with van der Waals surface area (Å²) in [5, 5.41) is 15.5. The minimum absolute atomic E-state index is 0. The van der Waals surface area contributed by atoms with Crippen molar-refractivity contribution in [2.75, 3.05) is 0 Å². The molecule has 1 fully saturated rings. The van der Waals surface area contributed by atoms with Crippen LogP contribution in [0.2, 0.25) is 0 Å². The van der Waals surface area contributed by atoms with E-state index in [1.165, 1.54) is 0 Å². The monoisotopic (exact) mass is 189 g/mol. The number of hydrogen-bond donors (Lipinski definition) is 2. The van der Waals surface area contributed by atoms with Gasteiger partial charge >= 0.3 is 6.16 Å². The summed E-state index contributed by atoms with van der Waals surface area (Å²) in [6, 6.07) is 0. The fourth-order valence-corrected chi connectivity index (χ4v) is 0.0373. The molecule has 0 aromatic carbocycles. The first-order chi connectivity index (χ1) is 2.21. The van der Waals surface area contributed by atoms with Crippen LogP contribution in [0.15, 0.2) is 0 Å². The molecule has 0 bridgehead atoms. The average Bonchev–Trinajstić information content (AvgIpc) is 1.76. The van der Waals surface area contributed by atoms with Gasteiger partial charge in [0.1, 0.15) is 0 Å². The minimum atomic E-state index is -2.25. The van der Waals surface area contributed by atoms with Crippen LogP contribution in [0.1, 0.15) is 0 Å². The van der Waals surface area contributed by atoms with Gasteiger partial charge < -0.3 is 10.2 Å². The predicted molar refractivity (Wildman–Crippen MR) is 9.34 cm³/mol. The molecule has 0 spiro atoms. The van der Waals surface area contributed by atoms with Gasteiger partial charge in [0.2, 0.25) is 0 Å². The molecular weight excluding hydrogens is 187 g/mol. The first kappa shape index (κ1) is 11.0. The second-order valence-electron chi connectivity index (χ2n) is 0.715. The number of rotatable bonds is 0. The topological polar surface area (TPSA) is 65.5 Å². The summed E-state index contributed by atoms with van der Waals surface area (Å²) < 4.78 is 0. The van der Waals surface area contributed by atoms with Gasteiger partial charge in [0, 0.05) is 38.8 Å². The Bertz CT molecular complexity index is 49.7. The molecule has 2 N–H and O–H groups in total. The normalized spacial score (nSPS) is 21.4. The van der Waals surface area contributed by atoms with Gasteiger partial charge in [-0.25, -0.2) is 0 Å². The molecule has 1 aliphatic rings. The zero-order valence-electron chi connectivity index (χ0n) is 3.01. The van der Waals surface area contributed by atoms with Crippen molar-refractivity contribution in [3.05, 3.63) is 0 Å². The Balaban J connectivity index is 0. The van der Waals surface area contributed by atoms with Gasteiger partial charge in [-0.05, 0) is 0 Å².